The fourth-order valence-electron chi connectivity index (χ4n) is 2.45. The van der Waals surface area contributed by atoms with Crippen LogP contribution in [0.4, 0.5) is 0 Å². The Hall–Kier alpha value is -0.830. The quantitative estimate of drug-likeness (QED) is 0.473. The van der Waals surface area contributed by atoms with Crippen molar-refractivity contribution in [3.05, 3.63) is 18.2 Å². The molecule has 7 heteroatoms. The maximum Gasteiger partial charge on any atom is 0.194 e. The second-order valence-corrected chi connectivity index (χ2v) is 4.91. The third kappa shape index (κ3) is 4.34. The first-order chi connectivity index (χ1) is 9.24. The predicted molar refractivity (Wildman–Crippen MR) is 90.4 cm³/mol. The van der Waals surface area contributed by atoms with Gasteiger partial charge in [-0.3, -0.25) is 4.99 Å². The monoisotopic (exact) mass is 393 g/mol. The normalized spacial score (nSPS) is 19.1. The largest absolute Gasteiger partial charge is 0.384 e. The summed E-state index contributed by atoms with van der Waals surface area (Å²) in [7, 11) is 5.58. The minimum Gasteiger partial charge on any atom is -0.384 e. The van der Waals surface area contributed by atoms with Gasteiger partial charge in [-0.15, -0.1) is 24.0 Å². The molecule has 1 atom stereocenters. The number of nitrogens with one attached hydrogen (secondary N) is 1. The van der Waals surface area contributed by atoms with Gasteiger partial charge in [-0.25, -0.2) is 4.98 Å². The molecule has 1 aliphatic heterocycles. The molecule has 1 unspecified atom stereocenters. The van der Waals surface area contributed by atoms with E-state index < -0.39 is 0 Å². The van der Waals surface area contributed by atoms with Crippen LogP contribution in [-0.4, -0.2) is 54.3 Å². The number of ether oxygens (including phenoxy) is 1. The molecule has 0 saturated carbocycles. The van der Waals surface area contributed by atoms with Crippen molar-refractivity contribution in [2.75, 3.05) is 33.9 Å². The second-order valence-electron chi connectivity index (χ2n) is 4.91. The van der Waals surface area contributed by atoms with Gasteiger partial charge in [0, 0.05) is 52.6 Å². The van der Waals surface area contributed by atoms with E-state index >= 15 is 0 Å². The Morgan fingerprint density at radius 2 is 2.40 bits per heavy atom. The second kappa shape index (κ2) is 8.46. The van der Waals surface area contributed by atoms with E-state index in [2.05, 4.69) is 20.2 Å². The molecule has 6 nitrogen and oxygen atoms in total. The van der Waals surface area contributed by atoms with Crippen LogP contribution in [-0.2, 0) is 18.3 Å². The summed E-state index contributed by atoms with van der Waals surface area (Å²) in [4.78, 5) is 10.9. The summed E-state index contributed by atoms with van der Waals surface area (Å²) in [5, 5.41) is 3.37. The van der Waals surface area contributed by atoms with E-state index in [9.17, 15) is 0 Å². The number of aromatic nitrogens is 2. The van der Waals surface area contributed by atoms with Crippen molar-refractivity contribution in [2.24, 2.45) is 18.0 Å². The molecule has 0 spiro atoms. The summed E-state index contributed by atoms with van der Waals surface area (Å²) in [5.41, 5.74) is 0. The Balaban J connectivity index is 0.00000200. The molecule has 0 radical (unpaired) electrons. The molecule has 0 amide bonds. The summed E-state index contributed by atoms with van der Waals surface area (Å²) in [6.45, 7) is 3.57. The van der Waals surface area contributed by atoms with Crippen LogP contribution < -0.4 is 5.32 Å². The Kier molecular flexibility index (Phi) is 7.28. The summed E-state index contributed by atoms with van der Waals surface area (Å²) in [6.07, 6.45) is 4.92. The molecule has 1 saturated heterocycles. The van der Waals surface area contributed by atoms with E-state index in [1.165, 1.54) is 0 Å². The first-order valence-electron chi connectivity index (χ1n) is 6.65. The van der Waals surface area contributed by atoms with Crippen molar-refractivity contribution in [2.45, 2.75) is 13.0 Å². The third-order valence-corrected chi connectivity index (χ3v) is 3.53. The zero-order chi connectivity index (χ0) is 13.7. The van der Waals surface area contributed by atoms with Crippen molar-refractivity contribution < 1.29 is 4.74 Å². The molecule has 1 aromatic rings. The maximum absolute atomic E-state index is 5.22. The highest BCUT2D eigenvalue weighted by Crippen LogP contribution is 2.16. The van der Waals surface area contributed by atoms with E-state index in [1.54, 1.807) is 7.11 Å². The Morgan fingerprint density at radius 3 is 3.00 bits per heavy atom. The lowest BCUT2D eigenvalue weighted by atomic mass is 10.1. The molecular weight excluding hydrogens is 369 g/mol. The molecule has 20 heavy (non-hydrogen) atoms. The molecule has 1 aliphatic rings. The molecule has 1 N–H and O–H groups in total. The molecule has 2 heterocycles. The van der Waals surface area contributed by atoms with Crippen LogP contribution in [0, 0.1) is 5.92 Å². The number of guanidine groups is 1. The molecule has 2 rings (SSSR count). The van der Waals surface area contributed by atoms with Crippen LogP contribution in [0.2, 0.25) is 0 Å². The SMILES string of the molecule is CN=C(NCc1nccn1C)N1CCC(COC)C1.I. The number of imidazole rings is 1. The van der Waals surface area contributed by atoms with Gasteiger partial charge in [0.1, 0.15) is 5.82 Å². The highest BCUT2D eigenvalue weighted by atomic mass is 127. The van der Waals surface area contributed by atoms with E-state index in [-0.39, 0.29) is 24.0 Å². The first kappa shape index (κ1) is 17.2. The number of aryl methyl sites for hydroxylation is 1. The number of nitrogens with zero attached hydrogens (tertiary/aromatic N) is 4. The van der Waals surface area contributed by atoms with E-state index in [1.807, 2.05) is 31.1 Å². The van der Waals surface area contributed by atoms with Crippen molar-refractivity contribution in [3.63, 3.8) is 0 Å². The van der Waals surface area contributed by atoms with Gasteiger partial charge < -0.3 is 19.5 Å². The highest BCUT2D eigenvalue weighted by molar-refractivity contribution is 14.0. The average Bonchev–Trinajstić information content (AvgIpc) is 3.01. The van der Waals surface area contributed by atoms with Gasteiger partial charge in [-0.2, -0.15) is 0 Å². The third-order valence-electron chi connectivity index (χ3n) is 3.53. The number of halogens is 1. The number of rotatable bonds is 4. The lowest BCUT2D eigenvalue weighted by Crippen LogP contribution is -2.40. The molecule has 0 aliphatic carbocycles. The summed E-state index contributed by atoms with van der Waals surface area (Å²) in [6, 6.07) is 0. The smallest absolute Gasteiger partial charge is 0.194 e. The molecular formula is C13H24IN5O. The van der Waals surface area contributed by atoms with Crippen LogP contribution in [0.1, 0.15) is 12.2 Å². The van der Waals surface area contributed by atoms with Crippen molar-refractivity contribution >= 4 is 29.9 Å². The average molecular weight is 393 g/mol. The van der Waals surface area contributed by atoms with Crippen LogP contribution in [0.25, 0.3) is 0 Å². The molecule has 1 aromatic heterocycles. The van der Waals surface area contributed by atoms with Crippen molar-refractivity contribution in [1.29, 1.82) is 0 Å². The first-order valence-corrected chi connectivity index (χ1v) is 6.65. The summed E-state index contributed by atoms with van der Waals surface area (Å²) >= 11 is 0. The highest BCUT2D eigenvalue weighted by Gasteiger charge is 2.24. The van der Waals surface area contributed by atoms with E-state index in [0.717, 1.165) is 37.9 Å². The van der Waals surface area contributed by atoms with E-state index in [4.69, 9.17) is 4.74 Å². The van der Waals surface area contributed by atoms with Gasteiger partial charge in [0.25, 0.3) is 0 Å². The molecule has 0 aromatic carbocycles. The van der Waals surface area contributed by atoms with Gasteiger partial charge in [-0.1, -0.05) is 0 Å². The molecule has 1 fully saturated rings. The van der Waals surface area contributed by atoms with Crippen LogP contribution in [0.3, 0.4) is 0 Å². The Bertz CT molecular complexity index is 434. The van der Waals surface area contributed by atoms with Gasteiger partial charge in [-0.05, 0) is 6.42 Å². The zero-order valence-electron chi connectivity index (χ0n) is 12.4. The standard InChI is InChI=1S/C13H23N5O.HI/c1-14-13(16-8-12-15-5-7-17(12)2)18-6-4-11(9-18)10-19-3;/h5,7,11H,4,6,8-10H2,1-3H3,(H,14,16);1H. The van der Waals surface area contributed by atoms with Crippen LogP contribution in [0.15, 0.2) is 17.4 Å². The number of hydrogen-bond donors (Lipinski definition) is 1. The van der Waals surface area contributed by atoms with Gasteiger partial charge >= 0.3 is 0 Å². The Morgan fingerprint density at radius 1 is 1.60 bits per heavy atom. The fraction of sp³-hybridized carbons (Fsp3) is 0.692. The number of hydrogen-bond acceptors (Lipinski definition) is 3. The van der Waals surface area contributed by atoms with E-state index in [0.29, 0.717) is 12.5 Å². The van der Waals surface area contributed by atoms with Gasteiger partial charge in [0.15, 0.2) is 5.96 Å². The Labute approximate surface area is 137 Å². The van der Waals surface area contributed by atoms with Crippen molar-refractivity contribution in [1.82, 2.24) is 19.8 Å². The van der Waals surface area contributed by atoms with Crippen LogP contribution >= 0.6 is 24.0 Å². The van der Waals surface area contributed by atoms with Gasteiger partial charge in [0.05, 0.1) is 13.2 Å². The number of likely N-dealkylation sites (tertiary alicyclic amines) is 1. The summed E-state index contributed by atoms with van der Waals surface area (Å²) in [5.74, 6) is 2.56. The minimum absolute atomic E-state index is 0. The zero-order valence-corrected chi connectivity index (χ0v) is 14.7. The van der Waals surface area contributed by atoms with Crippen LogP contribution in [0.5, 0.6) is 0 Å². The minimum atomic E-state index is 0. The fourth-order valence-corrected chi connectivity index (χ4v) is 2.45. The lowest BCUT2D eigenvalue weighted by molar-refractivity contribution is 0.157. The maximum atomic E-state index is 5.22. The molecule has 114 valence electrons. The summed E-state index contributed by atoms with van der Waals surface area (Å²) < 4.78 is 7.23. The number of methoxy groups -OCH3 is 1. The predicted octanol–water partition coefficient (Wildman–Crippen LogP) is 1.08. The molecule has 0 bridgehead atoms. The lowest BCUT2D eigenvalue weighted by Gasteiger charge is -2.21. The van der Waals surface area contributed by atoms with Crippen molar-refractivity contribution in [3.8, 4) is 0 Å². The topological polar surface area (TPSA) is 54.7 Å². The van der Waals surface area contributed by atoms with Gasteiger partial charge in [0.2, 0.25) is 0 Å². The number of aliphatic imine (C=N–C) groups is 1.